The van der Waals surface area contributed by atoms with Crippen LogP contribution in [0.15, 0.2) is 47.6 Å². The molecule has 1 aromatic heterocycles. The molecule has 1 aliphatic carbocycles. The predicted octanol–water partition coefficient (Wildman–Crippen LogP) is 3.11. The average Bonchev–Trinajstić information content (AvgIpc) is 2.98. The molecule has 4 nitrogen and oxygen atoms in total. The smallest absolute Gasteiger partial charge is 0.233 e. The van der Waals surface area contributed by atoms with Crippen molar-refractivity contribution in [3.63, 3.8) is 0 Å². The zero-order chi connectivity index (χ0) is 16.3. The molecule has 1 saturated carbocycles. The van der Waals surface area contributed by atoms with Gasteiger partial charge in [0, 0.05) is 29.5 Å². The molecule has 2 amide bonds. The molecule has 5 heteroatoms. The Bertz CT molecular complexity index is 836. The highest BCUT2D eigenvalue weighted by Gasteiger charge is 2.61. The number of nitrogens with one attached hydrogen (secondary N) is 1. The Morgan fingerprint density at radius 1 is 1.12 bits per heavy atom. The number of piperidine rings is 2. The van der Waals surface area contributed by atoms with Crippen LogP contribution >= 0.6 is 11.8 Å². The van der Waals surface area contributed by atoms with Crippen LogP contribution in [0.5, 0.6) is 0 Å². The van der Waals surface area contributed by atoms with Crippen molar-refractivity contribution in [2.45, 2.75) is 30.2 Å². The highest BCUT2D eigenvalue weighted by Crippen LogP contribution is 2.60. The number of rotatable bonds is 2. The topological polar surface area (TPSA) is 51.1 Å². The third kappa shape index (κ3) is 1.82. The van der Waals surface area contributed by atoms with Crippen molar-refractivity contribution in [1.82, 2.24) is 9.88 Å². The molecule has 3 fully saturated rings. The molecule has 4 aliphatic rings. The minimum absolute atomic E-state index is 0.0388. The monoisotopic (exact) mass is 338 g/mol. The Labute approximate surface area is 144 Å². The lowest BCUT2D eigenvalue weighted by Crippen LogP contribution is -2.64. The first-order valence-electron chi connectivity index (χ1n) is 8.44. The van der Waals surface area contributed by atoms with Gasteiger partial charge in [-0.3, -0.25) is 14.9 Å². The van der Waals surface area contributed by atoms with E-state index in [4.69, 9.17) is 0 Å². The summed E-state index contributed by atoms with van der Waals surface area (Å²) in [6, 6.07) is 12.5. The number of fused-ring (bicyclic) bond motifs is 3. The van der Waals surface area contributed by atoms with Crippen molar-refractivity contribution in [3.05, 3.63) is 48.2 Å². The van der Waals surface area contributed by atoms with E-state index in [1.54, 1.807) is 0 Å². The van der Waals surface area contributed by atoms with E-state index < -0.39 is 0 Å². The lowest BCUT2D eigenvalue weighted by Gasteiger charge is -2.54. The number of benzene rings is 1. The summed E-state index contributed by atoms with van der Waals surface area (Å²) in [4.78, 5) is 24.4. The van der Waals surface area contributed by atoms with Gasteiger partial charge in [0.25, 0.3) is 0 Å². The molecule has 3 aliphatic heterocycles. The first-order valence-corrected chi connectivity index (χ1v) is 9.42. The van der Waals surface area contributed by atoms with Gasteiger partial charge < -0.3 is 4.57 Å². The number of thioether (sulfide) groups is 1. The SMILES string of the molecule is O=C1NC(=O)C2(C3CCSc4c3ccn4-c3ccccc3)CC1C2. The van der Waals surface area contributed by atoms with E-state index in [-0.39, 0.29) is 29.1 Å². The number of amides is 2. The van der Waals surface area contributed by atoms with Gasteiger partial charge in [-0.15, -0.1) is 11.8 Å². The number of hydrogen-bond acceptors (Lipinski definition) is 3. The molecule has 2 aromatic rings. The van der Waals surface area contributed by atoms with Crippen LogP contribution in [0.3, 0.4) is 0 Å². The highest BCUT2D eigenvalue weighted by atomic mass is 32.2. The Morgan fingerprint density at radius 2 is 1.92 bits per heavy atom. The minimum Gasteiger partial charge on any atom is -0.311 e. The summed E-state index contributed by atoms with van der Waals surface area (Å²) in [5.41, 5.74) is 2.06. The Hall–Kier alpha value is -2.01. The van der Waals surface area contributed by atoms with Crippen molar-refractivity contribution in [3.8, 4) is 5.69 Å². The molecular formula is C19H18N2O2S. The molecule has 0 radical (unpaired) electrons. The largest absolute Gasteiger partial charge is 0.311 e. The second-order valence-electron chi connectivity index (χ2n) is 7.05. The predicted molar refractivity (Wildman–Crippen MR) is 92.2 cm³/mol. The van der Waals surface area contributed by atoms with Gasteiger partial charge in [0.1, 0.15) is 0 Å². The third-order valence-corrected chi connectivity index (χ3v) is 7.02. The molecule has 24 heavy (non-hydrogen) atoms. The van der Waals surface area contributed by atoms with Crippen LogP contribution in [0, 0.1) is 11.3 Å². The number of hydrogen-bond donors (Lipinski definition) is 1. The van der Waals surface area contributed by atoms with Gasteiger partial charge in [-0.1, -0.05) is 18.2 Å². The number of imide groups is 1. The van der Waals surface area contributed by atoms with Gasteiger partial charge in [-0.25, -0.2) is 0 Å². The molecule has 1 N–H and O–H groups in total. The highest BCUT2D eigenvalue weighted by molar-refractivity contribution is 7.99. The summed E-state index contributed by atoms with van der Waals surface area (Å²) < 4.78 is 2.23. The first kappa shape index (κ1) is 14.3. The van der Waals surface area contributed by atoms with Gasteiger partial charge >= 0.3 is 0 Å². The molecule has 2 saturated heterocycles. The van der Waals surface area contributed by atoms with Gasteiger partial charge in [0.05, 0.1) is 10.4 Å². The number of aromatic nitrogens is 1. The van der Waals surface area contributed by atoms with Crippen LogP contribution in [0.1, 0.15) is 30.7 Å². The Balaban J connectivity index is 1.56. The fourth-order valence-corrected chi connectivity index (χ4v) is 5.85. The normalized spacial score (nSPS) is 31.2. The molecule has 0 spiro atoms. The fourth-order valence-electron chi connectivity index (χ4n) is 4.62. The quantitative estimate of drug-likeness (QED) is 0.856. The maximum atomic E-state index is 12.6. The summed E-state index contributed by atoms with van der Waals surface area (Å²) in [5, 5.41) is 3.84. The van der Waals surface area contributed by atoms with Gasteiger partial charge in [-0.2, -0.15) is 0 Å². The van der Waals surface area contributed by atoms with Crippen LogP contribution in [-0.4, -0.2) is 22.1 Å². The number of carbonyl (C=O) groups excluding carboxylic acids is 2. The second-order valence-corrected chi connectivity index (χ2v) is 8.13. The summed E-state index contributed by atoms with van der Waals surface area (Å²) in [5.74, 6) is 1.15. The minimum atomic E-state index is -0.364. The van der Waals surface area contributed by atoms with E-state index in [0.717, 1.165) is 30.7 Å². The number of nitrogens with zero attached hydrogens (tertiary/aromatic N) is 1. The summed E-state index contributed by atoms with van der Waals surface area (Å²) in [6.45, 7) is 0. The average molecular weight is 338 g/mol. The van der Waals surface area contributed by atoms with Gasteiger partial charge in [0.15, 0.2) is 0 Å². The van der Waals surface area contributed by atoms with Crippen LogP contribution in [0.2, 0.25) is 0 Å². The first-order chi connectivity index (χ1) is 11.7. The molecule has 122 valence electrons. The van der Waals surface area contributed by atoms with E-state index in [0.29, 0.717) is 0 Å². The molecular weight excluding hydrogens is 320 g/mol. The fraction of sp³-hybridized carbons (Fsp3) is 0.368. The third-order valence-electron chi connectivity index (χ3n) is 5.87. The second kappa shape index (κ2) is 4.99. The van der Waals surface area contributed by atoms with Gasteiger partial charge in [0.2, 0.25) is 11.8 Å². The van der Waals surface area contributed by atoms with Crippen molar-refractivity contribution >= 4 is 23.6 Å². The van der Waals surface area contributed by atoms with Crippen LogP contribution in [0.4, 0.5) is 0 Å². The van der Waals surface area contributed by atoms with Crippen molar-refractivity contribution in [1.29, 1.82) is 0 Å². The van der Waals surface area contributed by atoms with Crippen molar-refractivity contribution < 1.29 is 9.59 Å². The maximum absolute atomic E-state index is 12.6. The molecule has 1 aromatic carbocycles. The van der Waals surface area contributed by atoms with E-state index >= 15 is 0 Å². The van der Waals surface area contributed by atoms with E-state index in [1.807, 2.05) is 30.0 Å². The summed E-state index contributed by atoms with van der Waals surface area (Å²) in [6.07, 6.45) is 4.57. The Morgan fingerprint density at radius 3 is 2.67 bits per heavy atom. The molecule has 4 heterocycles. The lowest BCUT2D eigenvalue weighted by molar-refractivity contribution is -0.161. The maximum Gasteiger partial charge on any atom is 0.233 e. The standard InChI is InChI=1S/C19H18N2O2S/c22-16-12-10-19(11-12,18(23)20-16)15-7-9-24-17-14(15)6-8-21(17)13-4-2-1-3-5-13/h1-6,8,12,15H,7,9-11H2,(H,20,22,23). The molecule has 6 rings (SSSR count). The zero-order valence-electron chi connectivity index (χ0n) is 13.2. The van der Waals surface area contributed by atoms with Crippen LogP contribution < -0.4 is 5.32 Å². The molecule has 1 unspecified atom stereocenters. The lowest BCUT2D eigenvalue weighted by atomic mass is 9.51. The number of carbonyl (C=O) groups is 2. The van der Waals surface area contributed by atoms with Crippen molar-refractivity contribution in [2.24, 2.45) is 11.3 Å². The van der Waals surface area contributed by atoms with E-state index in [1.165, 1.54) is 10.6 Å². The molecule has 2 bridgehead atoms. The van der Waals surface area contributed by atoms with E-state index in [9.17, 15) is 9.59 Å². The van der Waals surface area contributed by atoms with Crippen LogP contribution in [-0.2, 0) is 9.59 Å². The summed E-state index contributed by atoms with van der Waals surface area (Å²) >= 11 is 1.87. The zero-order valence-corrected chi connectivity index (χ0v) is 14.0. The molecule has 1 atom stereocenters. The van der Waals surface area contributed by atoms with Crippen molar-refractivity contribution in [2.75, 3.05) is 5.75 Å². The van der Waals surface area contributed by atoms with E-state index in [2.05, 4.69) is 34.3 Å². The Kier molecular flexibility index (Phi) is 2.98. The van der Waals surface area contributed by atoms with Gasteiger partial charge in [-0.05, 0) is 43.0 Å². The number of para-hydroxylation sites is 1. The van der Waals surface area contributed by atoms with Crippen LogP contribution in [0.25, 0.3) is 5.69 Å². The summed E-state index contributed by atoms with van der Waals surface area (Å²) in [7, 11) is 0.